The van der Waals surface area contributed by atoms with Crippen LogP contribution >= 0.6 is 0 Å². The van der Waals surface area contributed by atoms with Gasteiger partial charge in [-0.15, -0.1) is 0 Å². The highest BCUT2D eigenvalue weighted by Gasteiger charge is 1.95. The molecule has 3 nitrogen and oxygen atoms in total. The summed E-state index contributed by atoms with van der Waals surface area (Å²) < 4.78 is 22.3. The van der Waals surface area contributed by atoms with E-state index in [0.29, 0.717) is 6.21 Å². The summed E-state index contributed by atoms with van der Waals surface area (Å²) in [4.78, 5) is 12.5. The maximum absolute atomic E-state index is 11.1. The second kappa shape index (κ2) is 3.94. The molecule has 0 aliphatic heterocycles. The Morgan fingerprint density at radius 2 is 2.33 bits per heavy atom. The van der Waals surface area contributed by atoms with Gasteiger partial charge in [0.15, 0.2) is 0 Å². The van der Waals surface area contributed by atoms with Crippen molar-refractivity contribution >= 4 is 12.2 Å². The van der Waals surface area contributed by atoms with Gasteiger partial charge in [-0.1, -0.05) is 0 Å². The molecule has 1 N–H and O–H groups in total. The van der Waals surface area contributed by atoms with E-state index in [1.807, 2.05) is 0 Å². The van der Waals surface area contributed by atoms with Gasteiger partial charge in [-0.05, 0) is 0 Å². The number of carbonyl (C=O) groups is 1. The molecule has 0 aliphatic rings. The van der Waals surface area contributed by atoms with E-state index in [4.69, 9.17) is 5.11 Å². The van der Waals surface area contributed by atoms with Gasteiger partial charge in [-0.25, -0.2) is 8.78 Å². The lowest BCUT2D eigenvalue weighted by Gasteiger charge is -1.84. The highest BCUT2D eigenvalue weighted by Crippen LogP contribution is 1.84. The van der Waals surface area contributed by atoms with Crippen LogP contribution in [0.2, 0.25) is 0 Å². The zero-order valence-corrected chi connectivity index (χ0v) is 4.42. The molecule has 0 fully saturated rings. The molecule has 0 unspecified atom stereocenters. The smallest absolute Gasteiger partial charge is 0.325 e. The zero-order valence-electron chi connectivity index (χ0n) is 4.42. The van der Waals surface area contributed by atoms with Crippen molar-refractivity contribution in [3.8, 4) is 0 Å². The topological polar surface area (TPSA) is 49.7 Å². The number of rotatable bonds is 3. The van der Waals surface area contributed by atoms with Crippen LogP contribution < -0.4 is 0 Å². The van der Waals surface area contributed by atoms with E-state index < -0.39 is 18.9 Å². The first kappa shape index (κ1) is 8.00. The summed E-state index contributed by atoms with van der Waals surface area (Å²) in [5.74, 6) is -1.22. The molecule has 0 bridgehead atoms. The molecule has 0 aliphatic carbocycles. The van der Waals surface area contributed by atoms with Gasteiger partial charge in [0.25, 0.3) is 6.43 Å². The lowest BCUT2D eigenvalue weighted by molar-refractivity contribution is -0.135. The summed E-state index contributed by atoms with van der Waals surface area (Å²) in [6, 6.07) is 0. The molecule has 9 heavy (non-hydrogen) atoms. The molecular formula is C4H5F2NO2. The van der Waals surface area contributed by atoms with Gasteiger partial charge in [-0.3, -0.25) is 9.79 Å². The molecule has 0 rings (SSSR count). The van der Waals surface area contributed by atoms with Crippen LogP contribution in [0, 0.1) is 0 Å². The summed E-state index contributed by atoms with van der Waals surface area (Å²) in [6.45, 7) is -0.593. The summed E-state index contributed by atoms with van der Waals surface area (Å²) in [7, 11) is 0. The van der Waals surface area contributed by atoms with Crippen LogP contribution in [0.4, 0.5) is 8.78 Å². The quantitative estimate of drug-likeness (QED) is 0.572. The molecule has 52 valence electrons. The molecule has 0 radical (unpaired) electrons. The normalized spacial score (nSPS) is 11.0. The second-order valence-corrected chi connectivity index (χ2v) is 1.22. The van der Waals surface area contributed by atoms with Crippen molar-refractivity contribution < 1.29 is 18.7 Å². The third-order valence-electron chi connectivity index (χ3n) is 0.445. The predicted molar refractivity (Wildman–Crippen MR) is 27.0 cm³/mol. The molecule has 0 saturated carbocycles. The number of hydrogen-bond acceptors (Lipinski definition) is 2. The number of alkyl halides is 2. The van der Waals surface area contributed by atoms with Crippen molar-refractivity contribution in [1.29, 1.82) is 0 Å². The van der Waals surface area contributed by atoms with E-state index in [1.54, 1.807) is 0 Å². The van der Waals surface area contributed by atoms with Crippen molar-refractivity contribution in [3.05, 3.63) is 0 Å². The first-order valence-corrected chi connectivity index (χ1v) is 2.13. The van der Waals surface area contributed by atoms with Crippen LogP contribution in [-0.2, 0) is 4.79 Å². The molecular weight excluding hydrogens is 132 g/mol. The molecule has 0 amide bonds. The molecule has 0 spiro atoms. The monoisotopic (exact) mass is 137 g/mol. The van der Waals surface area contributed by atoms with Gasteiger partial charge in [-0.2, -0.15) is 0 Å². The van der Waals surface area contributed by atoms with Crippen molar-refractivity contribution in [3.63, 3.8) is 0 Å². The van der Waals surface area contributed by atoms with Crippen LogP contribution in [0.5, 0.6) is 0 Å². The largest absolute Gasteiger partial charge is 0.480 e. The third-order valence-corrected chi connectivity index (χ3v) is 0.445. The fourth-order valence-corrected chi connectivity index (χ4v) is 0.210. The second-order valence-electron chi connectivity index (χ2n) is 1.22. The van der Waals surface area contributed by atoms with Crippen molar-refractivity contribution in [2.45, 2.75) is 6.43 Å². The first-order chi connectivity index (χ1) is 4.13. The Morgan fingerprint density at radius 1 is 1.78 bits per heavy atom. The van der Waals surface area contributed by atoms with Crippen molar-refractivity contribution in [2.24, 2.45) is 4.99 Å². The van der Waals surface area contributed by atoms with Gasteiger partial charge in [0.2, 0.25) is 0 Å². The molecule has 5 heteroatoms. The highest BCUT2D eigenvalue weighted by atomic mass is 19.3. The Morgan fingerprint density at radius 3 is 2.67 bits per heavy atom. The summed E-state index contributed by atoms with van der Waals surface area (Å²) in [6.07, 6.45) is -2.36. The van der Waals surface area contributed by atoms with E-state index in [9.17, 15) is 13.6 Å². The minimum absolute atomic E-state index is 0.300. The molecule has 0 saturated heterocycles. The SMILES string of the molecule is O=C(O)CN=CC(F)F. The molecule has 0 aromatic heterocycles. The van der Waals surface area contributed by atoms with Crippen LogP contribution in [0.1, 0.15) is 0 Å². The van der Waals surface area contributed by atoms with E-state index in [-0.39, 0.29) is 0 Å². The Hall–Kier alpha value is -1.00. The Kier molecular flexibility index (Phi) is 3.50. The standard InChI is InChI=1S/C4H5F2NO2/c5-3(6)1-7-2-4(8)9/h1,3H,2H2,(H,8,9). The molecule has 0 atom stereocenters. The van der Waals surface area contributed by atoms with Gasteiger partial charge in [0, 0.05) is 0 Å². The fraction of sp³-hybridized carbons (Fsp3) is 0.500. The van der Waals surface area contributed by atoms with Crippen LogP contribution in [0.15, 0.2) is 4.99 Å². The van der Waals surface area contributed by atoms with Crippen LogP contribution in [0.3, 0.4) is 0 Å². The maximum Gasteiger partial charge on any atom is 0.325 e. The fourth-order valence-electron chi connectivity index (χ4n) is 0.210. The number of halogens is 2. The maximum atomic E-state index is 11.1. The minimum atomic E-state index is -2.66. The summed E-state index contributed by atoms with van der Waals surface area (Å²) >= 11 is 0. The van der Waals surface area contributed by atoms with E-state index >= 15 is 0 Å². The lowest BCUT2D eigenvalue weighted by atomic mass is 10.7. The lowest BCUT2D eigenvalue weighted by Crippen LogP contribution is -2.01. The van der Waals surface area contributed by atoms with Gasteiger partial charge in [0.1, 0.15) is 6.54 Å². The molecule has 0 aromatic carbocycles. The number of aliphatic imine (C=N–C) groups is 1. The molecule has 0 aromatic rings. The van der Waals surface area contributed by atoms with Gasteiger partial charge < -0.3 is 5.11 Å². The Balaban J connectivity index is 3.36. The number of nitrogens with zero attached hydrogens (tertiary/aromatic N) is 1. The van der Waals surface area contributed by atoms with Crippen LogP contribution in [-0.4, -0.2) is 30.3 Å². The summed E-state index contributed by atoms with van der Waals surface area (Å²) in [5.41, 5.74) is 0. The van der Waals surface area contributed by atoms with Gasteiger partial charge >= 0.3 is 5.97 Å². The number of carboxylic acids is 1. The van der Waals surface area contributed by atoms with E-state index in [0.717, 1.165) is 0 Å². The zero-order chi connectivity index (χ0) is 7.28. The Labute approximate surface area is 50.0 Å². The van der Waals surface area contributed by atoms with Crippen molar-refractivity contribution in [2.75, 3.05) is 6.54 Å². The molecule has 0 heterocycles. The first-order valence-electron chi connectivity index (χ1n) is 2.13. The average molecular weight is 137 g/mol. The third kappa shape index (κ3) is 7.00. The average Bonchev–Trinajstić information content (AvgIpc) is 1.63. The van der Waals surface area contributed by atoms with Crippen LogP contribution in [0.25, 0.3) is 0 Å². The summed E-state index contributed by atoms with van der Waals surface area (Å²) in [5, 5.41) is 7.87. The number of aliphatic carboxylic acids is 1. The number of hydrogen-bond donors (Lipinski definition) is 1. The van der Waals surface area contributed by atoms with Crippen molar-refractivity contribution in [1.82, 2.24) is 0 Å². The number of carboxylic acid groups (broad SMARTS) is 1. The van der Waals surface area contributed by atoms with Gasteiger partial charge in [0.05, 0.1) is 6.21 Å². The van der Waals surface area contributed by atoms with E-state index in [1.165, 1.54) is 0 Å². The highest BCUT2D eigenvalue weighted by molar-refractivity contribution is 5.72. The Bertz CT molecular complexity index is 124. The minimum Gasteiger partial charge on any atom is -0.480 e. The van der Waals surface area contributed by atoms with E-state index in [2.05, 4.69) is 4.99 Å². The predicted octanol–water partition coefficient (Wildman–Crippen LogP) is 0.407.